The van der Waals surface area contributed by atoms with Gasteiger partial charge in [-0.2, -0.15) is 0 Å². The van der Waals surface area contributed by atoms with Gasteiger partial charge in [-0.05, 0) is 96.7 Å². The van der Waals surface area contributed by atoms with E-state index in [4.69, 9.17) is 9.47 Å². The maximum Gasteiger partial charge on any atom is 0.334 e. The maximum absolute atomic E-state index is 12.4. The molecule has 0 bridgehead atoms. The Kier molecular flexibility index (Phi) is 4.53. The number of aliphatic hydroxyl groups is 2. The Morgan fingerprint density at radius 2 is 1.64 bits per heavy atom. The third-order valence-electron chi connectivity index (χ3n) is 13.2. The number of ether oxygens (including phenoxy) is 2. The van der Waals surface area contributed by atoms with Gasteiger partial charge in [0, 0.05) is 5.41 Å². The number of methoxy groups -OCH3 is 1. The maximum atomic E-state index is 12.4. The molecule has 6 aliphatic rings. The molecule has 8 unspecified atom stereocenters. The van der Waals surface area contributed by atoms with E-state index in [9.17, 15) is 15.0 Å². The molecule has 0 radical (unpaired) electrons. The summed E-state index contributed by atoms with van der Waals surface area (Å²) in [6.07, 6.45) is 7.09. The minimum Gasteiger partial charge on any atom is -0.467 e. The number of fused-ring (bicyclic) bond motifs is 4. The van der Waals surface area contributed by atoms with E-state index in [2.05, 4.69) is 34.6 Å². The zero-order valence-electron chi connectivity index (χ0n) is 21.4. The Hall–Kier alpha value is -0.650. The molecule has 5 aliphatic carbocycles. The first-order valence-corrected chi connectivity index (χ1v) is 13.5. The molecule has 0 aromatic heterocycles. The molecule has 0 aromatic rings. The summed E-state index contributed by atoms with van der Waals surface area (Å²) in [5.74, 6) is 1.35. The van der Waals surface area contributed by atoms with E-state index in [0.29, 0.717) is 35.0 Å². The summed E-state index contributed by atoms with van der Waals surface area (Å²) in [5, 5.41) is 22.9. The summed E-state index contributed by atoms with van der Waals surface area (Å²) in [5.41, 5.74) is 0.420. The van der Waals surface area contributed by atoms with Crippen molar-refractivity contribution < 1.29 is 24.5 Å². The van der Waals surface area contributed by atoms with Crippen LogP contribution in [0.25, 0.3) is 0 Å². The number of hydrogen-bond acceptors (Lipinski definition) is 5. The van der Waals surface area contributed by atoms with Crippen molar-refractivity contribution in [2.75, 3.05) is 7.11 Å². The van der Waals surface area contributed by atoms with Crippen LogP contribution >= 0.6 is 0 Å². The molecule has 1 saturated heterocycles. The lowest BCUT2D eigenvalue weighted by molar-refractivity contribution is -0.184. The van der Waals surface area contributed by atoms with Crippen molar-refractivity contribution in [2.24, 2.45) is 50.7 Å². The van der Waals surface area contributed by atoms with Crippen LogP contribution in [0.1, 0.15) is 86.0 Å². The molecule has 5 saturated carbocycles. The van der Waals surface area contributed by atoms with Gasteiger partial charge in [-0.25, -0.2) is 4.79 Å². The summed E-state index contributed by atoms with van der Waals surface area (Å²) in [6.45, 7) is 11.7. The molecule has 2 spiro atoms. The molecule has 5 heteroatoms. The highest BCUT2D eigenvalue weighted by Gasteiger charge is 2.84. The third kappa shape index (κ3) is 2.34. The predicted molar refractivity (Wildman–Crippen MR) is 124 cm³/mol. The van der Waals surface area contributed by atoms with Crippen LogP contribution in [0.3, 0.4) is 0 Å². The molecule has 1 aliphatic heterocycles. The van der Waals surface area contributed by atoms with Gasteiger partial charge in [0.15, 0.2) is 6.10 Å². The van der Waals surface area contributed by atoms with Gasteiger partial charge in [0.05, 0.1) is 25.4 Å². The molecule has 1 heterocycles. The SMILES string of the molecule is COC(=O)C1C[C@@H](C)C2C(O1)[C@H](O)[C@@]1(C)C3CC[C@H]4C(C)(C)C(O)CCC45CC35CCC21C. The van der Waals surface area contributed by atoms with Crippen LogP contribution in [-0.2, 0) is 14.3 Å². The Bertz CT molecular complexity index is 870. The summed E-state index contributed by atoms with van der Waals surface area (Å²) < 4.78 is 11.4. The van der Waals surface area contributed by atoms with Crippen LogP contribution < -0.4 is 0 Å². The number of hydrogen-bond donors (Lipinski definition) is 2. The first-order valence-electron chi connectivity index (χ1n) is 13.5. The van der Waals surface area contributed by atoms with Crippen molar-refractivity contribution in [3.8, 4) is 0 Å². The summed E-state index contributed by atoms with van der Waals surface area (Å²) in [6, 6.07) is 0. The summed E-state index contributed by atoms with van der Waals surface area (Å²) in [4.78, 5) is 12.4. The second-order valence-corrected chi connectivity index (χ2v) is 14.0. The van der Waals surface area contributed by atoms with Gasteiger partial charge in [0.2, 0.25) is 0 Å². The van der Waals surface area contributed by atoms with Crippen LogP contribution in [0, 0.1) is 50.7 Å². The Balaban J connectivity index is 1.39. The second-order valence-electron chi connectivity index (χ2n) is 14.0. The largest absolute Gasteiger partial charge is 0.467 e. The van der Waals surface area contributed by atoms with Crippen LogP contribution in [-0.4, -0.2) is 47.7 Å². The highest BCUT2D eigenvalue weighted by Crippen LogP contribution is 2.89. The van der Waals surface area contributed by atoms with Gasteiger partial charge in [-0.1, -0.05) is 34.6 Å². The fraction of sp³-hybridized carbons (Fsp3) is 0.964. The van der Waals surface area contributed by atoms with Crippen molar-refractivity contribution in [3.05, 3.63) is 0 Å². The minimum absolute atomic E-state index is 0.00776. The van der Waals surface area contributed by atoms with Crippen molar-refractivity contribution >= 4 is 5.97 Å². The monoisotopic (exact) mass is 460 g/mol. The lowest BCUT2D eigenvalue weighted by Crippen LogP contribution is -2.59. The molecule has 2 N–H and O–H groups in total. The number of carbonyl (C=O) groups is 1. The molecular weight excluding hydrogens is 416 g/mol. The van der Waals surface area contributed by atoms with E-state index < -0.39 is 12.2 Å². The first-order chi connectivity index (χ1) is 15.4. The quantitative estimate of drug-likeness (QED) is 0.570. The van der Waals surface area contributed by atoms with E-state index >= 15 is 0 Å². The number of esters is 1. The van der Waals surface area contributed by atoms with Crippen LogP contribution in [0.2, 0.25) is 0 Å². The summed E-state index contributed by atoms with van der Waals surface area (Å²) in [7, 11) is 1.42. The van der Waals surface area contributed by atoms with Crippen molar-refractivity contribution in [1.29, 1.82) is 0 Å². The zero-order chi connectivity index (χ0) is 23.8. The Morgan fingerprint density at radius 3 is 2.33 bits per heavy atom. The van der Waals surface area contributed by atoms with E-state index in [-0.39, 0.29) is 40.3 Å². The highest BCUT2D eigenvalue weighted by atomic mass is 16.6. The lowest BCUT2D eigenvalue weighted by atomic mass is 9.41. The first kappa shape index (κ1) is 22.8. The Morgan fingerprint density at radius 1 is 0.970 bits per heavy atom. The molecule has 186 valence electrons. The van der Waals surface area contributed by atoms with Gasteiger partial charge >= 0.3 is 5.97 Å². The van der Waals surface area contributed by atoms with E-state index in [1.807, 2.05) is 0 Å². The van der Waals surface area contributed by atoms with Gasteiger partial charge in [0.1, 0.15) is 0 Å². The van der Waals surface area contributed by atoms with Crippen LogP contribution in [0.15, 0.2) is 0 Å². The normalized spacial score (nSPS) is 60.5. The van der Waals surface area contributed by atoms with Crippen molar-refractivity contribution in [2.45, 2.75) is 110 Å². The molecule has 33 heavy (non-hydrogen) atoms. The standard InChI is InChI=1S/C28H44O5/c1-15-13-16(23(31)32-6)33-21-20(15)25(4)11-12-28-14-27(28)10-9-19(29)24(2,3)17(27)7-8-18(28)26(25,5)22(21)30/h15-22,29-30H,7-14H2,1-6H3/t15-,16?,17+,18?,19?,20?,21?,22+,25?,26-,27?,28?/m1/s1. The smallest absolute Gasteiger partial charge is 0.334 e. The molecular formula is C28H44O5. The molecule has 6 fully saturated rings. The topological polar surface area (TPSA) is 76.0 Å². The average molecular weight is 461 g/mol. The zero-order valence-corrected chi connectivity index (χ0v) is 21.4. The Labute approximate surface area is 199 Å². The van der Waals surface area contributed by atoms with Crippen LogP contribution in [0.5, 0.6) is 0 Å². The number of rotatable bonds is 1. The van der Waals surface area contributed by atoms with E-state index in [1.54, 1.807) is 0 Å². The molecule has 12 atom stereocenters. The van der Waals surface area contributed by atoms with E-state index in [1.165, 1.54) is 20.0 Å². The van der Waals surface area contributed by atoms with E-state index in [0.717, 1.165) is 32.1 Å². The molecule has 5 nitrogen and oxygen atoms in total. The van der Waals surface area contributed by atoms with Gasteiger partial charge < -0.3 is 19.7 Å². The fourth-order valence-electron chi connectivity index (χ4n) is 11.6. The molecule has 6 rings (SSSR count). The van der Waals surface area contributed by atoms with Gasteiger partial charge in [0.25, 0.3) is 0 Å². The number of carbonyl (C=O) groups excluding carboxylic acids is 1. The molecule has 0 aromatic carbocycles. The van der Waals surface area contributed by atoms with Crippen molar-refractivity contribution in [1.82, 2.24) is 0 Å². The lowest BCUT2D eigenvalue weighted by Gasteiger charge is -2.63. The second kappa shape index (κ2) is 6.56. The fourth-order valence-corrected chi connectivity index (χ4v) is 11.6. The van der Waals surface area contributed by atoms with Gasteiger partial charge in [-0.15, -0.1) is 0 Å². The third-order valence-corrected chi connectivity index (χ3v) is 13.2. The van der Waals surface area contributed by atoms with Crippen LogP contribution in [0.4, 0.5) is 0 Å². The minimum atomic E-state index is -0.564. The average Bonchev–Trinajstić information content (AvgIpc) is 3.41. The van der Waals surface area contributed by atoms with Gasteiger partial charge in [-0.3, -0.25) is 0 Å². The summed E-state index contributed by atoms with van der Waals surface area (Å²) >= 11 is 0. The number of aliphatic hydroxyl groups excluding tert-OH is 2. The highest BCUT2D eigenvalue weighted by molar-refractivity contribution is 5.74. The van der Waals surface area contributed by atoms with Crippen molar-refractivity contribution in [3.63, 3.8) is 0 Å². The molecule has 0 amide bonds. The predicted octanol–water partition coefficient (Wildman–Crippen LogP) is 4.33.